The van der Waals surface area contributed by atoms with Gasteiger partial charge >= 0.3 is 0 Å². The predicted molar refractivity (Wildman–Crippen MR) is 80.1 cm³/mol. The topological polar surface area (TPSA) is 106 Å². The van der Waals surface area contributed by atoms with Gasteiger partial charge in [-0.15, -0.1) is 0 Å². The average molecular weight is 294 g/mol. The maximum atomic E-state index is 10.4. The van der Waals surface area contributed by atoms with Gasteiger partial charge < -0.3 is 30.9 Å². The minimum atomic E-state index is -1.25. The van der Waals surface area contributed by atoms with Crippen molar-refractivity contribution in [3.05, 3.63) is 12.1 Å². The number of aromatic nitrogens is 1. The monoisotopic (exact) mass is 294 g/mol. The molecule has 2 atom stereocenters. The van der Waals surface area contributed by atoms with Gasteiger partial charge in [0.15, 0.2) is 11.5 Å². The van der Waals surface area contributed by atoms with Crippen LogP contribution in [0.25, 0.3) is 0 Å². The van der Waals surface area contributed by atoms with Crippen LogP contribution in [-0.2, 0) is 0 Å². The lowest BCUT2D eigenvalue weighted by atomic mass is 10.1. The molecule has 0 bridgehead atoms. The number of aliphatic hydroxyl groups is 3. The number of nitrogens with two attached hydrogens (primary N) is 1. The number of β-amino-alcohol motifs (C(OH)–C–C–N with tert-alkyl or cyclic N) is 1. The number of anilines is 3. The number of hydrogen-bond donors (Lipinski definition) is 4. The smallest absolute Gasteiger partial charge is 0.162 e. The Balaban J connectivity index is 1.90. The van der Waals surface area contributed by atoms with E-state index in [0.717, 1.165) is 6.42 Å². The van der Waals surface area contributed by atoms with Crippen LogP contribution < -0.4 is 15.5 Å². The van der Waals surface area contributed by atoms with Gasteiger partial charge in [0.1, 0.15) is 5.82 Å². The first-order valence-corrected chi connectivity index (χ1v) is 7.34. The summed E-state index contributed by atoms with van der Waals surface area (Å²) in [6.45, 7) is 1.56. The standard InChI is InChI=1S/C14H22N4O3/c15-11-2-3-12(18-6-1-5-14(18,21)9-19)16-13(11)17-7-4-10(20)8-17/h2-3,10,19-21H,1,4-9,15H2. The highest BCUT2D eigenvalue weighted by atomic mass is 16.4. The molecule has 7 nitrogen and oxygen atoms in total. The molecule has 2 saturated heterocycles. The van der Waals surface area contributed by atoms with E-state index in [-0.39, 0.29) is 12.7 Å². The van der Waals surface area contributed by atoms with E-state index in [2.05, 4.69) is 4.98 Å². The molecule has 0 saturated carbocycles. The molecule has 5 N–H and O–H groups in total. The molecular formula is C14H22N4O3. The summed E-state index contributed by atoms with van der Waals surface area (Å²) < 4.78 is 0. The van der Waals surface area contributed by atoms with E-state index in [1.165, 1.54) is 0 Å². The molecule has 3 heterocycles. The molecule has 0 amide bonds. The summed E-state index contributed by atoms with van der Waals surface area (Å²) >= 11 is 0. The Labute approximate surface area is 123 Å². The molecule has 1 aromatic rings. The molecule has 3 rings (SSSR count). The second-order valence-electron chi connectivity index (χ2n) is 5.87. The van der Waals surface area contributed by atoms with Crippen LogP contribution in [0.3, 0.4) is 0 Å². The first-order valence-electron chi connectivity index (χ1n) is 7.34. The number of hydrogen-bond acceptors (Lipinski definition) is 7. The fourth-order valence-corrected chi connectivity index (χ4v) is 3.14. The molecule has 2 unspecified atom stereocenters. The lowest BCUT2D eigenvalue weighted by molar-refractivity contribution is -0.00543. The predicted octanol–water partition coefficient (Wildman–Crippen LogP) is -0.484. The fourth-order valence-electron chi connectivity index (χ4n) is 3.14. The quantitative estimate of drug-likeness (QED) is 0.596. The first kappa shape index (κ1) is 14.4. The zero-order valence-corrected chi connectivity index (χ0v) is 11.9. The summed E-state index contributed by atoms with van der Waals surface area (Å²) in [4.78, 5) is 8.24. The second kappa shape index (κ2) is 5.32. The van der Waals surface area contributed by atoms with Crippen molar-refractivity contribution >= 4 is 17.3 Å². The van der Waals surface area contributed by atoms with Crippen LogP contribution in [0.1, 0.15) is 19.3 Å². The largest absolute Gasteiger partial charge is 0.396 e. The highest BCUT2D eigenvalue weighted by molar-refractivity contribution is 5.67. The van der Waals surface area contributed by atoms with E-state index in [0.29, 0.717) is 49.8 Å². The number of aliphatic hydroxyl groups excluding tert-OH is 2. The van der Waals surface area contributed by atoms with Crippen molar-refractivity contribution in [2.45, 2.75) is 31.1 Å². The molecular weight excluding hydrogens is 272 g/mol. The van der Waals surface area contributed by atoms with Crippen LogP contribution in [0, 0.1) is 0 Å². The third-order valence-electron chi connectivity index (χ3n) is 4.34. The van der Waals surface area contributed by atoms with Crippen molar-refractivity contribution in [1.82, 2.24) is 4.98 Å². The maximum Gasteiger partial charge on any atom is 0.162 e. The average Bonchev–Trinajstić information content (AvgIpc) is 3.06. The number of nitrogen functional groups attached to an aromatic ring is 1. The Hall–Kier alpha value is -1.57. The SMILES string of the molecule is Nc1ccc(N2CCCC2(O)CO)nc1N1CCC(O)C1. The Morgan fingerprint density at radius 1 is 1.38 bits per heavy atom. The number of nitrogens with zero attached hydrogens (tertiary/aromatic N) is 3. The van der Waals surface area contributed by atoms with Crippen molar-refractivity contribution in [3.8, 4) is 0 Å². The van der Waals surface area contributed by atoms with E-state index in [1.54, 1.807) is 17.0 Å². The van der Waals surface area contributed by atoms with Gasteiger partial charge in [0, 0.05) is 19.6 Å². The van der Waals surface area contributed by atoms with E-state index >= 15 is 0 Å². The Morgan fingerprint density at radius 3 is 2.86 bits per heavy atom. The molecule has 2 aliphatic heterocycles. The summed E-state index contributed by atoms with van der Waals surface area (Å²) in [6.07, 6.45) is 1.68. The van der Waals surface area contributed by atoms with Crippen molar-refractivity contribution in [3.63, 3.8) is 0 Å². The molecule has 2 aliphatic rings. The van der Waals surface area contributed by atoms with Crippen molar-refractivity contribution < 1.29 is 15.3 Å². The van der Waals surface area contributed by atoms with Gasteiger partial charge in [0.2, 0.25) is 0 Å². The third-order valence-corrected chi connectivity index (χ3v) is 4.34. The molecule has 0 spiro atoms. The zero-order chi connectivity index (χ0) is 15.0. The van der Waals surface area contributed by atoms with E-state index in [1.807, 2.05) is 4.90 Å². The van der Waals surface area contributed by atoms with Gasteiger partial charge in [-0.2, -0.15) is 0 Å². The molecule has 116 valence electrons. The highest BCUT2D eigenvalue weighted by Gasteiger charge is 2.39. The van der Waals surface area contributed by atoms with Crippen LogP contribution in [0.4, 0.5) is 17.3 Å². The van der Waals surface area contributed by atoms with Crippen LogP contribution in [0.5, 0.6) is 0 Å². The second-order valence-corrected chi connectivity index (χ2v) is 5.87. The lowest BCUT2D eigenvalue weighted by Crippen LogP contribution is -2.47. The third kappa shape index (κ3) is 2.52. The normalized spacial score (nSPS) is 29.4. The van der Waals surface area contributed by atoms with E-state index in [9.17, 15) is 15.3 Å². The molecule has 0 radical (unpaired) electrons. The van der Waals surface area contributed by atoms with Crippen molar-refractivity contribution in [2.75, 3.05) is 41.8 Å². The summed E-state index contributed by atoms with van der Waals surface area (Å²) in [6, 6.07) is 3.52. The maximum absolute atomic E-state index is 10.4. The Morgan fingerprint density at radius 2 is 2.19 bits per heavy atom. The van der Waals surface area contributed by atoms with Gasteiger partial charge in [-0.05, 0) is 31.4 Å². The van der Waals surface area contributed by atoms with Crippen LogP contribution >= 0.6 is 0 Å². The minimum absolute atomic E-state index is 0.323. The summed E-state index contributed by atoms with van der Waals surface area (Å²) in [5.41, 5.74) is 5.31. The van der Waals surface area contributed by atoms with Crippen molar-refractivity contribution in [1.29, 1.82) is 0 Å². The molecule has 0 aliphatic carbocycles. The van der Waals surface area contributed by atoms with Crippen LogP contribution in [0.15, 0.2) is 12.1 Å². The van der Waals surface area contributed by atoms with Gasteiger partial charge in [-0.3, -0.25) is 0 Å². The number of rotatable bonds is 3. The molecule has 1 aromatic heterocycles. The fraction of sp³-hybridized carbons (Fsp3) is 0.643. The Kier molecular flexibility index (Phi) is 3.64. The van der Waals surface area contributed by atoms with Crippen LogP contribution in [-0.4, -0.2) is 58.4 Å². The lowest BCUT2D eigenvalue weighted by Gasteiger charge is -2.33. The molecule has 2 fully saturated rings. The van der Waals surface area contributed by atoms with Crippen molar-refractivity contribution in [2.24, 2.45) is 0 Å². The van der Waals surface area contributed by atoms with Gasteiger partial charge in [-0.1, -0.05) is 0 Å². The minimum Gasteiger partial charge on any atom is -0.396 e. The van der Waals surface area contributed by atoms with Gasteiger partial charge in [0.05, 0.1) is 18.4 Å². The molecule has 0 aromatic carbocycles. The molecule has 7 heteroatoms. The molecule has 21 heavy (non-hydrogen) atoms. The van der Waals surface area contributed by atoms with E-state index < -0.39 is 5.72 Å². The first-order chi connectivity index (χ1) is 10.0. The van der Waals surface area contributed by atoms with Gasteiger partial charge in [0.25, 0.3) is 0 Å². The van der Waals surface area contributed by atoms with Gasteiger partial charge in [-0.25, -0.2) is 4.98 Å². The summed E-state index contributed by atoms with van der Waals surface area (Å²) in [5.74, 6) is 1.24. The summed E-state index contributed by atoms with van der Waals surface area (Å²) in [7, 11) is 0. The zero-order valence-electron chi connectivity index (χ0n) is 11.9. The number of pyridine rings is 1. The van der Waals surface area contributed by atoms with Crippen LogP contribution in [0.2, 0.25) is 0 Å². The summed E-state index contributed by atoms with van der Waals surface area (Å²) in [5, 5.41) is 29.5. The Bertz CT molecular complexity index is 527. The van der Waals surface area contributed by atoms with E-state index in [4.69, 9.17) is 5.73 Å². The highest BCUT2D eigenvalue weighted by Crippen LogP contribution is 2.34.